The molecule has 1 fully saturated rings. The van der Waals surface area contributed by atoms with Gasteiger partial charge in [-0.25, -0.2) is 14.7 Å². The number of nitro groups is 1. The first kappa shape index (κ1) is 39.6. The summed E-state index contributed by atoms with van der Waals surface area (Å²) in [6, 6.07) is 15.5. The Morgan fingerprint density at radius 2 is 1.59 bits per heavy atom. The molecule has 0 radical (unpaired) electrons. The number of phenols is 1. The second-order valence-electron chi connectivity index (χ2n) is 13.5. The molecule has 3 unspecified atom stereocenters. The summed E-state index contributed by atoms with van der Waals surface area (Å²) in [7, 11) is 0. The maximum absolute atomic E-state index is 14.6. The van der Waals surface area contributed by atoms with Gasteiger partial charge >= 0.3 is 6.03 Å². The number of urea groups is 1. The Hall–Kier alpha value is -5.63. The molecule has 3 atom stereocenters. The van der Waals surface area contributed by atoms with E-state index in [1.54, 1.807) is 50.2 Å². The first-order valence-electron chi connectivity index (χ1n) is 18.7. The number of non-ortho nitro benzene ring substituents is 1. The lowest BCUT2D eigenvalue weighted by atomic mass is 10.0. The number of hydrogen-bond acceptors (Lipinski definition) is 9. The third-order valence-electron chi connectivity index (χ3n) is 9.67. The Kier molecular flexibility index (Phi) is 13.5. The number of ether oxygens (including phenoxy) is 1. The summed E-state index contributed by atoms with van der Waals surface area (Å²) in [5.41, 5.74) is -0.768. The van der Waals surface area contributed by atoms with Crippen LogP contribution in [-0.4, -0.2) is 60.1 Å². The van der Waals surface area contributed by atoms with Gasteiger partial charge in [0.05, 0.1) is 22.5 Å². The molecule has 0 bridgehead atoms. The van der Waals surface area contributed by atoms with E-state index in [0.29, 0.717) is 16.9 Å². The van der Waals surface area contributed by atoms with Crippen LogP contribution in [0.25, 0.3) is 10.9 Å². The van der Waals surface area contributed by atoms with Crippen LogP contribution in [-0.2, 0) is 20.9 Å². The number of unbranched alkanes of at least 4 members (excludes halogenated alkanes) is 7. The van der Waals surface area contributed by atoms with Gasteiger partial charge in [0, 0.05) is 18.7 Å². The Morgan fingerprint density at radius 1 is 0.926 bits per heavy atom. The van der Waals surface area contributed by atoms with Gasteiger partial charge in [-0.15, -0.1) is 0 Å². The van der Waals surface area contributed by atoms with Gasteiger partial charge in [0.2, 0.25) is 6.23 Å². The molecule has 0 spiro atoms. The fourth-order valence-corrected chi connectivity index (χ4v) is 6.90. The number of fused-ring (bicyclic) bond motifs is 1. The van der Waals surface area contributed by atoms with Crippen LogP contribution in [0.1, 0.15) is 102 Å². The number of aromatic hydroxyl groups is 1. The number of rotatable bonds is 19. The van der Waals surface area contributed by atoms with Gasteiger partial charge in [-0.2, -0.15) is 0 Å². The molecule has 2 N–H and O–H groups in total. The largest absolute Gasteiger partial charge is 0.506 e. The smallest absolute Gasteiger partial charge is 0.330 e. The standard InChI is InChI=1S/C40H48N6O8/c1-4-6-7-8-9-10-11-13-19-27(3)44-35(42-33-29(37(44)49)22-18-24-31(33)46(52)53)34(36(48)41-30-23-16-17-25-32(30)47)45-38(50)39(54-5-2)43(40(45)51)26-28-20-14-12-15-21-28/h12,14-18,20-25,27,34,39,47H,4-11,13,19,26H2,1-3H3,(H,41,48). The van der Waals surface area contributed by atoms with Crippen LogP contribution in [0.5, 0.6) is 5.75 Å². The molecule has 1 aromatic heterocycles. The van der Waals surface area contributed by atoms with E-state index >= 15 is 0 Å². The highest BCUT2D eigenvalue weighted by molar-refractivity contribution is 6.09. The monoisotopic (exact) mass is 740 g/mol. The van der Waals surface area contributed by atoms with E-state index in [1.165, 1.54) is 52.6 Å². The van der Waals surface area contributed by atoms with Crippen molar-refractivity contribution in [3.8, 4) is 5.75 Å². The van der Waals surface area contributed by atoms with Crippen molar-refractivity contribution in [2.45, 2.75) is 103 Å². The molecule has 286 valence electrons. The van der Waals surface area contributed by atoms with E-state index < -0.39 is 52.3 Å². The number of amides is 4. The lowest BCUT2D eigenvalue weighted by molar-refractivity contribution is -0.383. The van der Waals surface area contributed by atoms with Crippen molar-refractivity contribution >= 4 is 40.1 Å². The second kappa shape index (κ2) is 18.4. The summed E-state index contributed by atoms with van der Waals surface area (Å²) in [6.07, 6.45) is 7.50. The molecular weight excluding hydrogens is 692 g/mol. The van der Waals surface area contributed by atoms with Gasteiger partial charge in [0.15, 0.2) is 11.6 Å². The molecule has 1 aliphatic rings. The summed E-state index contributed by atoms with van der Waals surface area (Å²) in [6.45, 7) is 5.63. The van der Waals surface area contributed by atoms with Crippen molar-refractivity contribution in [3.63, 3.8) is 0 Å². The van der Waals surface area contributed by atoms with Crippen LogP contribution in [0, 0.1) is 10.1 Å². The topological polar surface area (TPSA) is 177 Å². The molecule has 14 heteroatoms. The normalized spacial score (nSPS) is 15.5. The van der Waals surface area contributed by atoms with Gasteiger partial charge in [0.25, 0.3) is 23.1 Å². The highest BCUT2D eigenvalue weighted by Gasteiger charge is 2.52. The quantitative estimate of drug-likeness (QED) is 0.0322. The molecule has 4 amide bonds. The fraction of sp³-hybridized carbons (Fsp3) is 0.425. The number of nitro benzene ring substituents is 1. The minimum Gasteiger partial charge on any atom is -0.506 e. The molecule has 0 saturated carbocycles. The zero-order chi connectivity index (χ0) is 38.8. The van der Waals surface area contributed by atoms with Crippen LogP contribution >= 0.6 is 0 Å². The van der Waals surface area contributed by atoms with E-state index in [2.05, 4.69) is 17.2 Å². The number of aromatic nitrogens is 2. The lowest BCUT2D eigenvalue weighted by Crippen LogP contribution is -2.45. The fourth-order valence-electron chi connectivity index (χ4n) is 6.90. The molecule has 1 aliphatic heterocycles. The van der Waals surface area contributed by atoms with Gasteiger partial charge < -0.3 is 15.2 Å². The zero-order valence-corrected chi connectivity index (χ0v) is 31.0. The van der Waals surface area contributed by atoms with E-state index in [-0.39, 0.29) is 41.3 Å². The number of nitrogens with one attached hydrogen (secondary N) is 1. The third-order valence-corrected chi connectivity index (χ3v) is 9.67. The highest BCUT2D eigenvalue weighted by atomic mass is 16.6. The maximum atomic E-state index is 14.6. The minimum absolute atomic E-state index is 0.0262. The summed E-state index contributed by atoms with van der Waals surface area (Å²) < 4.78 is 7.07. The average Bonchev–Trinajstić information content (AvgIpc) is 3.37. The number of phenolic OH excluding ortho intramolecular Hbond substituents is 1. The molecule has 1 saturated heterocycles. The van der Waals surface area contributed by atoms with Crippen LogP contribution in [0.4, 0.5) is 16.2 Å². The van der Waals surface area contributed by atoms with Crippen molar-refractivity contribution in [1.82, 2.24) is 19.4 Å². The molecular formula is C40H48N6O8. The molecule has 54 heavy (non-hydrogen) atoms. The first-order valence-corrected chi connectivity index (χ1v) is 18.7. The molecule has 4 aromatic rings. The van der Waals surface area contributed by atoms with Crippen molar-refractivity contribution in [2.75, 3.05) is 11.9 Å². The number of imide groups is 1. The number of benzene rings is 3. The molecule has 2 heterocycles. The van der Waals surface area contributed by atoms with Crippen LogP contribution in [0.3, 0.4) is 0 Å². The predicted molar refractivity (Wildman–Crippen MR) is 204 cm³/mol. The molecule has 5 rings (SSSR count). The van der Waals surface area contributed by atoms with Crippen LogP contribution < -0.4 is 10.9 Å². The second-order valence-corrected chi connectivity index (χ2v) is 13.5. The summed E-state index contributed by atoms with van der Waals surface area (Å²) in [5, 5.41) is 25.4. The highest BCUT2D eigenvalue weighted by Crippen LogP contribution is 2.35. The Balaban J connectivity index is 1.65. The lowest BCUT2D eigenvalue weighted by Gasteiger charge is -2.29. The van der Waals surface area contributed by atoms with Crippen LogP contribution in [0.2, 0.25) is 0 Å². The number of hydrogen-bond donors (Lipinski definition) is 2. The molecule has 3 aromatic carbocycles. The van der Waals surface area contributed by atoms with Crippen molar-refractivity contribution in [2.24, 2.45) is 0 Å². The molecule has 14 nitrogen and oxygen atoms in total. The van der Waals surface area contributed by atoms with Gasteiger partial charge in [0.1, 0.15) is 11.6 Å². The Bertz CT molecular complexity index is 2020. The predicted octanol–water partition coefficient (Wildman–Crippen LogP) is 7.61. The van der Waals surface area contributed by atoms with E-state index in [4.69, 9.17) is 4.74 Å². The van der Waals surface area contributed by atoms with Gasteiger partial charge in [-0.3, -0.25) is 34.0 Å². The minimum atomic E-state index is -1.91. The first-order chi connectivity index (χ1) is 26.1. The third kappa shape index (κ3) is 8.76. The van der Waals surface area contributed by atoms with Crippen molar-refractivity contribution < 1.29 is 29.2 Å². The SMILES string of the molecule is CCCCCCCCCCC(C)n1c(C(C(=O)Nc2ccccc2O)N2C(=O)C(OCC)N(Cc3ccccc3)C2=O)nc2c([N+](=O)[O-])cccc2c1=O. The summed E-state index contributed by atoms with van der Waals surface area (Å²) in [5.74, 6) is -2.48. The van der Waals surface area contributed by atoms with E-state index in [9.17, 15) is 34.4 Å². The van der Waals surface area contributed by atoms with Crippen molar-refractivity contribution in [1.29, 1.82) is 0 Å². The Labute approximate surface area is 313 Å². The van der Waals surface area contributed by atoms with Gasteiger partial charge in [-0.05, 0) is 44.0 Å². The van der Waals surface area contributed by atoms with E-state index in [0.717, 1.165) is 38.5 Å². The number of carbonyl (C=O) groups is 3. The summed E-state index contributed by atoms with van der Waals surface area (Å²) >= 11 is 0. The number of nitrogens with zero attached hydrogens (tertiary/aromatic N) is 5. The number of anilines is 1. The average molecular weight is 741 g/mol. The van der Waals surface area contributed by atoms with Crippen molar-refractivity contribution in [3.05, 3.63) is 105 Å². The van der Waals surface area contributed by atoms with E-state index in [1.807, 2.05) is 6.07 Å². The Morgan fingerprint density at radius 3 is 2.26 bits per heavy atom. The number of carbonyl (C=O) groups excluding carboxylic acids is 3. The zero-order valence-electron chi connectivity index (χ0n) is 31.0. The summed E-state index contributed by atoms with van der Waals surface area (Å²) in [4.78, 5) is 76.0. The number of para-hydroxylation sites is 3. The molecule has 0 aliphatic carbocycles. The maximum Gasteiger partial charge on any atom is 0.330 e. The van der Waals surface area contributed by atoms with Gasteiger partial charge in [-0.1, -0.05) is 107 Å². The van der Waals surface area contributed by atoms with Crippen LogP contribution in [0.15, 0.2) is 77.6 Å².